The van der Waals surface area contributed by atoms with E-state index in [1.165, 1.54) is 0 Å². The lowest BCUT2D eigenvalue weighted by atomic mass is 10.2. The molecule has 3 aromatic rings. The third kappa shape index (κ3) is 3.10. The van der Waals surface area contributed by atoms with E-state index < -0.39 is 0 Å². The molecule has 0 amide bonds. The van der Waals surface area contributed by atoms with Crippen molar-refractivity contribution in [3.8, 4) is 11.3 Å². The zero-order chi connectivity index (χ0) is 15.5. The van der Waals surface area contributed by atoms with E-state index >= 15 is 0 Å². The summed E-state index contributed by atoms with van der Waals surface area (Å²) < 4.78 is 0. The quantitative estimate of drug-likeness (QED) is 0.763. The van der Waals surface area contributed by atoms with Gasteiger partial charge in [-0.1, -0.05) is 53.5 Å². The van der Waals surface area contributed by atoms with Crippen LogP contribution in [-0.4, -0.2) is 15.2 Å². The predicted octanol–water partition coefficient (Wildman–Crippen LogP) is 3.88. The van der Waals surface area contributed by atoms with Crippen LogP contribution in [-0.2, 0) is 0 Å². The van der Waals surface area contributed by atoms with Crippen molar-refractivity contribution in [1.82, 2.24) is 15.2 Å². The Labute approximate surface area is 135 Å². The highest BCUT2D eigenvalue weighted by atomic mass is 35.5. The number of anilines is 2. The maximum absolute atomic E-state index is 12.1. The van der Waals surface area contributed by atoms with Crippen LogP contribution in [0.1, 0.15) is 0 Å². The van der Waals surface area contributed by atoms with Gasteiger partial charge in [-0.05, 0) is 18.2 Å². The number of aromatic nitrogens is 3. The number of hydrogen-bond acceptors (Lipinski definition) is 4. The van der Waals surface area contributed by atoms with Crippen LogP contribution >= 0.6 is 23.2 Å². The summed E-state index contributed by atoms with van der Waals surface area (Å²) >= 11 is 11.8. The van der Waals surface area contributed by atoms with Crippen LogP contribution in [0.3, 0.4) is 0 Å². The molecule has 0 aliphatic heterocycles. The molecule has 0 atom stereocenters. The van der Waals surface area contributed by atoms with E-state index in [2.05, 4.69) is 20.5 Å². The minimum absolute atomic E-state index is 0.225. The third-order valence-corrected chi connectivity index (χ3v) is 3.67. The molecule has 0 saturated heterocycles. The van der Waals surface area contributed by atoms with Crippen LogP contribution in [0.15, 0.2) is 53.3 Å². The average molecular weight is 333 g/mol. The molecule has 0 fully saturated rings. The van der Waals surface area contributed by atoms with Crippen LogP contribution in [0, 0.1) is 0 Å². The van der Waals surface area contributed by atoms with Crippen molar-refractivity contribution >= 4 is 34.8 Å². The average Bonchev–Trinajstić information content (AvgIpc) is 2.52. The fraction of sp³-hybridized carbons (Fsp3) is 0. The fourth-order valence-electron chi connectivity index (χ4n) is 1.89. The van der Waals surface area contributed by atoms with Crippen LogP contribution < -0.4 is 10.9 Å². The zero-order valence-corrected chi connectivity index (χ0v) is 12.7. The first-order valence-electron chi connectivity index (χ1n) is 6.38. The smallest absolute Gasteiger partial charge is 0.279 e. The standard InChI is InChI=1S/C15H10Cl2N4O/c16-11-7-6-10(8-12(11)17)18-15-19-14(22)13(20-21-15)9-4-2-1-3-5-9/h1-8H,(H2,18,19,21,22). The normalized spacial score (nSPS) is 10.5. The molecule has 2 N–H and O–H groups in total. The van der Waals surface area contributed by atoms with E-state index in [1.54, 1.807) is 30.3 Å². The Balaban J connectivity index is 1.89. The number of nitrogens with zero attached hydrogens (tertiary/aromatic N) is 2. The number of nitrogens with one attached hydrogen (secondary N) is 2. The summed E-state index contributed by atoms with van der Waals surface area (Å²) in [6, 6.07) is 14.1. The van der Waals surface area contributed by atoms with E-state index in [9.17, 15) is 4.79 Å². The molecule has 3 rings (SSSR count). The molecular weight excluding hydrogens is 323 g/mol. The summed E-state index contributed by atoms with van der Waals surface area (Å²) in [5, 5.41) is 11.7. The molecule has 1 aromatic heterocycles. The second-order valence-corrected chi connectivity index (χ2v) is 5.29. The number of benzene rings is 2. The lowest BCUT2D eigenvalue weighted by Gasteiger charge is -2.06. The molecule has 0 aliphatic rings. The molecule has 110 valence electrons. The van der Waals surface area contributed by atoms with Crippen molar-refractivity contribution in [3.05, 3.63) is 68.9 Å². The van der Waals surface area contributed by atoms with Crippen molar-refractivity contribution in [2.75, 3.05) is 5.32 Å². The largest absolute Gasteiger partial charge is 0.324 e. The highest BCUT2D eigenvalue weighted by Gasteiger charge is 2.07. The van der Waals surface area contributed by atoms with Gasteiger partial charge in [0.2, 0.25) is 5.95 Å². The second-order valence-electron chi connectivity index (χ2n) is 4.47. The van der Waals surface area contributed by atoms with Gasteiger partial charge in [0.05, 0.1) is 10.0 Å². The Morgan fingerprint density at radius 1 is 0.955 bits per heavy atom. The van der Waals surface area contributed by atoms with E-state index in [4.69, 9.17) is 23.2 Å². The van der Waals surface area contributed by atoms with Gasteiger partial charge in [0.25, 0.3) is 5.56 Å². The number of halogens is 2. The van der Waals surface area contributed by atoms with Crippen LogP contribution in [0.4, 0.5) is 11.6 Å². The molecule has 22 heavy (non-hydrogen) atoms. The molecule has 2 aromatic carbocycles. The van der Waals surface area contributed by atoms with Gasteiger partial charge in [0.15, 0.2) is 5.69 Å². The van der Waals surface area contributed by atoms with E-state index in [1.807, 2.05) is 18.2 Å². The summed E-state index contributed by atoms with van der Waals surface area (Å²) in [5.74, 6) is 0.225. The monoisotopic (exact) mass is 332 g/mol. The Bertz CT molecular complexity index is 865. The molecule has 0 saturated carbocycles. The number of hydrogen-bond donors (Lipinski definition) is 2. The number of aromatic amines is 1. The van der Waals surface area contributed by atoms with Crippen molar-refractivity contribution in [2.45, 2.75) is 0 Å². The summed E-state index contributed by atoms with van der Waals surface area (Å²) in [6.07, 6.45) is 0. The first kappa shape index (κ1) is 14.6. The molecule has 7 heteroatoms. The Kier molecular flexibility index (Phi) is 4.09. The maximum atomic E-state index is 12.1. The predicted molar refractivity (Wildman–Crippen MR) is 87.8 cm³/mol. The zero-order valence-electron chi connectivity index (χ0n) is 11.2. The fourth-order valence-corrected chi connectivity index (χ4v) is 2.19. The van der Waals surface area contributed by atoms with E-state index in [0.29, 0.717) is 21.3 Å². The van der Waals surface area contributed by atoms with Crippen LogP contribution in [0.25, 0.3) is 11.3 Å². The van der Waals surface area contributed by atoms with Crippen molar-refractivity contribution < 1.29 is 0 Å². The van der Waals surface area contributed by atoms with Gasteiger partial charge in [0, 0.05) is 11.3 Å². The highest BCUT2D eigenvalue weighted by molar-refractivity contribution is 6.42. The first-order chi connectivity index (χ1) is 10.6. The topological polar surface area (TPSA) is 70.7 Å². The minimum Gasteiger partial charge on any atom is -0.324 e. The van der Waals surface area contributed by atoms with Gasteiger partial charge in [0.1, 0.15) is 0 Å². The number of H-pyrrole nitrogens is 1. The van der Waals surface area contributed by atoms with Crippen molar-refractivity contribution in [2.24, 2.45) is 0 Å². The summed E-state index contributed by atoms with van der Waals surface area (Å²) in [5.41, 5.74) is 1.29. The summed E-state index contributed by atoms with van der Waals surface area (Å²) in [4.78, 5) is 14.7. The van der Waals surface area contributed by atoms with Gasteiger partial charge >= 0.3 is 0 Å². The molecule has 0 aliphatic carbocycles. The van der Waals surface area contributed by atoms with E-state index in [0.717, 1.165) is 0 Å². The van der Waals surface area contributed by atoms with Gasteiger partial charge < -0.3 is 5.32 Å². The Morgan fingerprint density at radius 2 is 1.73 bits per heavy atom. The Hall–Kier alpha value is -2.37. The molecular formula is C15H10Cl2N4O. The first-order valence-corrected chi connectivity index (χ1v) is 7.13. The molecule has 5 nitrogen and oxygen atoms in total. The Morgan fingerprint density at radius 3 is 2.41 bits per heavy atom. The third-order valence-electron chi connectivity index (χ3n) is 2.93. The molecule has 0 unspecified atom stereocenters. The van der Waals surface area contributed by atoms with Crippen LogP contribution in [0.5, 0.6) is 0 Å². The summed E-state index contributed by atoms with van der Waals surface area (Å²) in [7, 11) is 0. The van der Waals surface area contributed by atoms with Crippen molar-refractivity contribution in [3.63, 3.8) is 0 Å². The SMILES string of the molecule is O=c1[nH]c(Nc2ccc(Cl)c(Cl)c2)nnc1-c1ccccc1. The number of rotatable bonds is 3. The summed E-state index contributed by atoms with van der Waals surface area (Å²) in [6.45, 7) is 0. The molecule has 1 heterocycles. The van der Waals surface area contributed by atoms with Gasteiger partial charge in [-0.15, -0.1) is 10.2 Å². The van der Waals surface area contributed by atoms with Gasteiger partial charge in [-0.3, -0.25) is 9.78 Å². The second kappa shape index (κ2) is 6.17. The van der Waals surface area contributed by atoms with Crippen LogP contribution in [0.2, 0.25) is 10.0 Å². The maximum Gasteiger partial charge on any atom is 0.279 e. The van der Waals surface area contributed by atoms with Gasteiger partial charge in [-0.2, -0.15) is 0 Å². The molecule has 0 spiro atoms. The molecule has 0 radical (unpaired) electrons. The lowest BCUT2D eigenvalue weighted by molar-refractivity contribution is 0.962. The van der Waals surface area contributed by atoms with Crippen molar-refractivity contribution in [1.29, 1.82) is 0 Å². The molecule has 0 bridgehead atoms. The van der Waals surface area contributed by atoms with E-state index in [-0.39, 0.29) is 17.2 Å². The van der Waals surface area contributed by atoms with Gasteiger partial charge in [-0.25, -0.2) is 0 Å². The highest BCUT2D eigenvalue weighted by Crippen LogP contribution is 2.26. The lowest BCUT2D eigenvalue weighted by Crippen LogP contribution is -2.15. The minimum atomic E-state index is -0.330.